The average molecular weight is 298 g/mol. The van der Waals surface area contributed by atoms with E-state index in [9.17, 15) is 8.42 Å². The van der Waals surface area contributed by atoms with E-state index >= 15 is 0 Å². The van der Waals surface area contributed by atoms with E-state index in [4.69, 9.17) is 0 Å². The van der Waals surface area contributed by atoms with Crippen LogP contribution in [-0.2, 0) is 9.84 Å². The van der Waals surface area contributed by atoms with E-state index in [1.807, 2.05) is 0 Å². The summed E-state index contributed by atoms with van der Waals surface area (Å²) in [5.74, 6) is 1.04. The fourth-order valence-electron chi connectivity index (χ4n) is 2.14. The number of alkyl halides is 1. The molecule has 0 N–H and O–H groups in total. The number of likely N-dealkylation sites (tertiary alicyclic amines) is 1. The van der Waals surface area contributed by atoms with Crippen LogP contribution in [0.5, 0.6) is 0 Å². The van der Waals surface area contributed by atoms with Gasteiger partial charge in [-0.3, -0.25) is 4.90 Å². The monoisotopic (exact) mass is 297 g/mol. The molecule has 0 spiro atoms. The summed E-state index contributed by atoms with van der Waals surface area (Å²) >= 11 is 3.53. The molecule has 2 unspecified atom stereocenters. The fraction of sp³-hybridized carbons (Fsp3) is 1.00. The van der Waals surface area contributed by atoms with Gasteiger partial charge in [0.1, 0.15) is 9.84 Å². The van der Waals surface area contributed by atoms with Crippen LogP contribution in [0, 0.1) is 5.92 Å². The van der Waals surface area contributed by atoms with Crippen LogP contribution in [0.25, 0.3) is 0 Å². The fourth-order valence-corrected chi connectivity index (χ4v) is 3.85. The highest BCUT2D eigenvalue weighted by Crippen LogP contribution is 2.25. The molecule has 1 saturated heterocycles. The smallest absolute Gasteiger partial charge is 0.147 e. The minimum Gasteiger partial charge on any atom is -0.299 e. The normalized spacial score (nSPS) is 28.5. The maximum Gasteiger partial charge on any atom is 0.147 e. The first-order valence-corrected chi connectivity index (χ1v) is 8.60. The Balaban J connectivity index is 2.33. The zero-order valence-electron chi connectivity index (χ0n) is 9.45. The lowest BCUT2D eigenvalue weighted by molar-refractivity contribution is 0.253. The number of rotatable bonds is 5. The van der Waals surface area contributed by atoms with Gasteiger partial charge in [-0.2, -0.15) is 0 Å². The molecule has 5 heteroatoms. The zero-order valence-corrected chi connectivity index (χ0v) is 11.8. The number of sulfone groups is 1. The van der Waals surface area contributed by atoms with Crippen molar-refractivity contribution in [2.75, 3.05) is 30.4 Å². The first-order chi connectivity index (χ1) is 6.94. The number of hydrogen-bond donors (Lipinski definition) is 0. The second-order valence-corrected chi connectivity index (χ2v) is 7.41. The van der Waals surface area contributed by atoms with E-state index in [1.54, 1.807) is 0 Å². The van der Waals surface area contributed by atoms with E-state index in [-0.39, 0.29) is 0 Å². The third kappa shape index (κ3) is 4.41. The first-order valence-electron chi connectivity index (χ1n) is 5.42. The van der Waals surface area contributed by atoms with Gasteiger partial charge in [-0.1, -0.05) is 22.9 Å². The van der Waals surface area contributed by atoms with Crippen LogP contribution in [0.3, 0.4) is 0 Å². The van der Waals surface area contributed by atoms with Crippen molar-refractivity contribution in [3.63, 3.8) is 0 Å². The molecule has 1 aliphatic heterocycles. The van der Waals surface area contributed by atoms with E-state index in [0.717, 1.165) is 30.8 Å². The topological polar surface area (TPSA) is 37.4 Å². The van der Waals surface area contributed by atoms with Crippen molar-refractivity contribution >= 4 is 25.8 Å². The van der Waals surface area contributed by atoms with Gasteiger partial charge in [0, 0.05) is 17.6 Å². The molecule has 2 atom stereocenters. The highest BCUT2D eigenvalue weighted by molar-refractivity contribution is 9.09. The summed E-state index contributed by atoms with van der Waals surface area (Å²) in [6.07, 6.45) is 3.30. The van der Waals surface area contributed by atoms with Gasteiger partial charge in [0.25, 0.3) is 0 Å². The van der Waals surface area contributed by atoms with Gasteiger partial charge < -0.3 is 0 Å². The van der Waals surface area contributed by atoms with Crippen molar-refractivity contribution in [3.8, 4) is 0 Å². The van der Waals surface area contributed by atoms with Gasteiger partial charge in [-0.05, 0) is 31.8 Å². The first kappa shape index (κ1) is 13.5. The Morgan fingerprint density at radius 1 is 1.47 bits per heavy atom. The molecule has 0 aromatic rings. The van der Waals surface area contributed by atoms with Crippen LogP contribution in [0.2, 0.25) is 0 Å². The van der Waals surface area contributed by atoms with Crippen LogP contribution in [0.4, 0.5) is 0 Å². The van der Waals surface area contributed by atoms with Crippen molar-refractivity contribution in [3.05, 3.63) is 0 Å². The van der Waals surface area contributed by atoms with E-state index in [2.05, 4.69) is 27.8 Å². The summed E-state index contributed by atoms with van der Waals surface area (Å²) in [6.45, 7) is 4.29. The molecule has 0 saturated carbocycles. The molecule has 15 heavy (non-hydrogen) atoms. The Bertz CT molecular complexity index is 292. The Morgan fingerprint density at radius 2 is 2.13 bits per heavy atom. The molecule has 90 valence electrons. The molecule has 3 nitrogen and oxygen atoms in total. The quantitative estimate of drug-likeness (QED) is 0.722. The number of nitrogens with zero attached hydrogens (tertiary/aromatic N) is 1. The second-order valence-electron chi connectivity index (χ2n) is 4.51. The van der Waals surface area contributed by atoms with E-state index in [0.29, 0.717) is 11.8 Å². The summed E-state index contributed by atoms with van der Waals surface area (Å²) in [5.41, 5.74) is 0. The summed E-state index contributed by atoms with van der Waals surface area (Å²) < 4.78 is 22.0. The van der Waals surface area contributed by atoms with Crippen LogP contribution in [0.15, 0.2) is 0 Å². The van der Waals surface area contributed by atoms with Gasteiger partial charge in [0.2, 0.25) is 0 Å². The summed E-state index contributed by atoms with van der Waals surface area (Å²) in [6, 6.07) is 0.588. The van der Waals surface area contributed by atoms with Gasteiger partial charge >= 0.3 is 0 Å². The lowest BCUT2D eigenvalue weighted by Crippen LogP contribution is -2.34. The minimum absolute atomic E-state index is 0.312. The molecule has 1 fully saturated rings. The standard InChI is InChI=1S/C10H20BrNO2S/c1-9-4-6-12(10(9)8-11)5-3-7-15(2,13)14/h9-10H,3-8H2,1-2H3. The number of halogens is 1. The molecule has 0 bridgehead atoms. The predicted octanol–water partition coefficient (Wildman–Crippen LogP) is 1.53. The van der Waals surface area contributed by atoms with Crippen LogP contribution < -0.4 is 0 Å². The average Bonchev–Trinajstić information content (AvgIpc) is 2.44. The van der Waals surface area contributed by atoms with Crippen molar-refractivity contribution in [2.24, 2.45) is 5.92 Å². The number of hydrogen-bond acceptors (Lipinski definition) is 3. The van der Waals surface area contributed by atoms with Crippen molar-refractivity contribution in [2.45, 2.75) is 25.8 Å². The molecular formula is C10H20BrNO2S. The molecule has 1 rings (SSSR count). The molecule has 0 aliphatic carbocycles. The maximum absolute atomic E-state index is 11.0. The highest BCUT2D eigenvalue weighted by atomic mass is 79.9. The van der Waals surface area contributed by atoms with Crippen molar-refractivity contribution in [1.82, 2.24) is 4.90 Å². The van der Waals surface area contributed by atoms with Gasteiger partial charge in [0.15, 0.2) is 0 Å². The molecule has 0 aromatic carbocycles. The SMILES string of the molecule is CC1CCN(CCCS(C)(=O)=O)C1CBr. The second kappa shape index (κ2) is 5.64. The van der Waals surface area contributed by atoms with E-state index < -0.39 is 9.84 Å². The lowest BCUT2D eigenvalue weighted by Gasteiger charge is -2.24. The third-order valence-electron chi connectivity index (χ3n) is 3.12. The highest BCUT2D eigenvalue weighted by Gasteiger charge is 2.29. The Kier molecular flexibility index (Phi) is 5.06. The largest absolute Gasteiger partial charge is 0.299 e. The molecule has 0 aromatic heterocycles. The molecule has 0 radical (unpaired) electrons. The van der Waals surface area contributed by atoms with Crippen molar-refractivity contribution < 1.29 is 8.42 Å². The Hall–Kier alpha value is 0.390. The van der Waals surface area contributed by atoms with Crippen LogP contribution in [-0.4, -0.2) is 49.8 Å². The summed E-state index contributed by atoms with van der Waals surface area (Å²) in [5, 5.41) is 0.993. The zero-order chi connectivity index (χ0) is 11.5. The Morgan fingerprint density at radius 3 is 2.67 bits per heavy atom. The molecule has 1 heterocycles. The van der Waals surface area contributed by atoms with Gasteiger partial charge in [0.05, 0.1) is 5.75 Å². The third-order valence-corrected chi connectivity index (χ3v) is 4.81. The van der Waals surface area contributed by atoms with Gasteiger partial charge in [-0.25, -0.2) is 8.42 Å². The summed E-state index contributed by atoms with van der Waals surface area (Å²) in [4.78, 5) is 2.41. The molecular weight excluding hydrogens is 278 g/mol. The van der Waals surface area contributed by atoms with Gasteiger partial charge in [-0.15, -0.1) is 0 Å². The lowest BCUT2D eigenvalue weighted by atomic mass is 10.1. The minimum atomic E-state index is -2.79. The summed E-state index contributed by atoms with van der Waals surface area (Å²) in [7, 11) is -2.79. The Labute approximate surface area is 101 Å². The van der Waals surface area contributed by atoms with Crippen LogP contribution in [0.1, 0.15) is 19.8 Å². The molecule has 0 amide bonds. The van der Waals surface area contributed by atoms with Crippen LogP contribution >= 0.6 is 15.9 Å². The van der Waals surface area contributed by atoms with E-state index in [1.165, 1.54) is 12.7 Å². The maximum atomic E-state index is 11.0. The predicted molar refractivity (Wildman–Crippen MR) is 67.3 cm³/mol. The van der Waals surface area contributed by atoms with Crippen molar-refractivity contribution in [1.29, 1.82) is 0 Å². The molecule has 1 aliphatic rings.